The molecule has 0 aliphatic rings. The van der Waals surface area contributed by atoms with Gasteiger partial charge < -0.3 is 10.8 Å². The van der Waals surface area contributed by atoms with E-state index in [-0.39, 0.29) is 5.34 Å². The van der Waals surface area contributed by atoms with Gasteiger partial charge in [-0.25, -0.2) is 0 Å². The fourth-order valence-corrected chi connectivity index (χ4v) is 1.11. The first-order valence-corrected chi connectivity index (χ1v) is 3.22. The van der Waals surface area contributed by atoms with E-state index in [0.29, 0.717) is 6.42 Å². The molecule has 0 heterocycles. The lowest BCUT2D eigenvalue weighted by Gasteiger charge is -2.27. The Balaban J connectivity index is 3.75. The van der Waals surface area contributed by atoms with Crippen LogP contribution in [0.25, 0.3) is 0 Å². The van der Waals surface area contributed by atoms with Crippen molar-refractivity contribution >= 4 is 15.7 Å². The normalized spacial score (nSPS) is 13.8. The lowest BCUT2D eigenvalue weighted by molar-refractivity contribution is 0.0669. The van der Waals surface area contributed by atoms with Crippen molar-refractivity contribution in [3.05, 3.63) is 0 Å². The van der Waals surface area contributed by atoms with Gasteiger partial charge >= 0.3 is 0 Å². The van der Waals surface area contributed by atoms with Gasteiger partial charge in [-0.3, -0.25) is 0 Å². The van der Waals surface area contributed by atoms with Crippen molar-refractivity contribution in [3.8, 4) is 0 Å². The molecule has 0 amide bonds. The maximum absolute atomic E-state index is 9.27. The van der Waals surface area contributed by atoms with Crippen LogP contribution in [-0.2, 0) is 0 Å². The molecule has 0 aromatic rings. The summed E-state index contributed by atoms with van der Waals surface area (Å²) in [5.41, 5.74) is 5.02. The van der Waals surface area contributed by atoms with Crippen molar-refractivity contribution in [2.45, 2.75) is 31.2 Å². The van der Waals surface area contributed by atoms with Crippen molar-refractivity contribution < 1.29 is 5.11 Å². The summed E-state index contributed by atoms with van der Waals surface area (Å²) in [6, 6.07) is 0. The average Bonchev–Trinajstić information content (AvgIpc) is 1.14. The van der Waals surface area contributed by atoms with Crippen LogP contribution in [0.5, 0.6) is 0 Å². The number of aliphatic hydroxyl groups is 1. The van der Waals surface area contributed by atoms with Crippen LogP contribution in [-0.4, -0.2) is 31.7 Å². The van der Waals surface area contributed by atoms with E-state index in [1.807, 2.05) is 15.7 Å². The molecule has 0 rings (SSSR count). The molecule has 0 aromatic carbocycles. The molecule has 0 unspecified atom stereocenters. The second-order valence-corrected chi connectivity index (χ2v) is 3.98. The van der Waals surface area contributed by atoms with E-state index in [1.165, 1.54) is 0 Å². The zero-order chi connectivity index (χ0) is 7.71. The van der Waals surface area contributed by atoms with Crippen molar-refractivity contribution in [1.29, 1.82) is 0 Å². The summed E-state index contributed by atoms with van der Waals surface area (Å²) < 4.78 is 0. The summed E-state index contributed by atoms with van der Waals surface area (Å²) in [6.07, 6.45) is 0.625. The van der Waals surface area contributed by atoms with Crippen LogP contribution in [0.4, 0.5) is 0 Å². The number of hydrogen-bond donors (Lipinski definition) is 2. The minimum atomic E-state index is -0.641. The maximum atomic E-state index is 9.27. The molecule has 0 bridgehead atoms. The highest BCUT2D eigenvalue weighted by Gasteiger charge is 2.22. The van der Waals surface area contributed by atoms with Gasteiger partial charge in [0, 0.05) is 0 Å². The van der Waals surface area contributed by atoms with Gasteiger partial charge in [-0.05, 0) is 25.6 Å². The first-order chi connectivity index (χ1) is 3.71. The van der Waals surface area contributed by atoms with Crippen molar-refractivity contribution in [3.63, 3.8) is 0 Å². The van der Waals surface area contributed by atoms with Crippen LogP contribution >= 0.6 is 0 Å². The monoisotopic (exact) mass is 127 g/mol. The summed E-state index contributed by atoms with van der Waals surface area (Å²) in [5.74, 6) is 0. The van der Waals surface area contributed by atoms with Gasteiger partial charge in [0.15, 0.2) is 0 Å². The van der Waals surface area contributed by atoms with Crippen molar-refractivity contribution in [2.75, 3.05) is 0 Å². The smallest absolute Gasteiger partial charge is 0.116 e. The summed E-state index contributed by atoms with van der Waals surface area (Å²) in [6.45, 7) is 3.53. The Morgan fingerprint density at radius 3 is 1.78 bits per heavy atom. The van der Waals surface area contributed by atoms with Gasteiger partial charge in [0.25, 0.3) is 0 Å². The summed E-state index contributed by atoms with van der Waals surface area (Å²) in [4.78, 5) is 0. The van der Waals surface area contributed by atoms with Gasteiger partial charge in [0.2, 0.25) is 0 Å². The SMILES string of the molecule is BC(B)(N)CC(C)(C)O. The maximum Gasteiger partial charge on any atom is 0.116 e. The molecule has 0 aliphatic carbocycles. The minimum absolute atomic E-state index is 0.266. The van der Waals surface area contributed by atoms with Crippen LogP contribution in [0.15, 0.2) is 0 Å². The zero-order valence-electron chi connectivity index (χ0n) is 6.73. The highest BCUT2D eigenvalue weighted by molar-refractivity contribution is 6.39. The van der Waals surface area contributed by atoms with Crippen LogP contribution in [0.2, 0.25) is 0 Å². The van der Waals surface area contributed by atoms with E-state index < -0.39 is 5.60 Å². The Morgan fingerprint density at radius 1 is 1.44 bits per heavy atom. The predicted molar refractivity (Wildman–Crippen MR) is 44.9 cm³/mol. The second-order valence-electron chi connectivity index (χ2n) is 3.98. The molecule has 0 fully saturated rings. The van der Waals surface area contributed by atoms with E-state index in [2.05, 4.69) is 0 Å². The Bertz CT molecular complexity index is 80.1. The molecule has 3 N–H and O–H groups in total. The third kappa shape index (κ3) is 8.05. The third-order valence-corrected chi connectivity index (χ3v) is 0.888. The van der Waals surface area contributed by atoms with E-state index in [1.54, 1.807) is 13.8 Å². The van der Waals surface area contributed by atoms with Gasteiger partial charge in [-0.1, -0.05) is 0 Å². The Labute approximate surface area is 58.6 Å². The number of hydrogen-bond acceptors (Lipinski definition) is 2. The van der Waals surface area contributed by atoms with Gasteiger partial charge in [-0.2, -0.15) is 0 Å². The quantitative estimate of drug-likeness (QED) is 0.422. The summed E-state index contributed by atoms with van der Waals surface area (Å²) >= 11 is 0. The molecule has 0 radical (unpaired) electrons. The molecular formula is C5H15B2NO. The molecule has 0 atom stereocenters. The Morgan fingerprint density at radius 2 is 1.78 bits per heavy atom. The number of nitrogens with two attached hydrogens (primary N) is 1. The van der Waals surface area contributed by atoms with E-state index in [4.69, 9.17) is 5.73 Å². The van der Waals surface area contributed by atoms with Crippen molar-refractivity contribution in [2.24, 2.45) is 5.73 Å². The fourth-order valence-electron chi connectivity index (χ4n) is 1.11. The molecule has 2 nitrogen and oxygen atoms in total. The molecule has 0 aliphatic heterocycles. The molecule has 0 saturated heterocycles. The van der Waals surface area contributed by atoms with Crippen LogP contribution in [0, 0.1) is 0 Å². The van der Waals surface area contributed by atoms with Gasteiger partial charge in [0.05, 0.1) is 5.60 Å². The standard InChI is InChI=1S/C5H15B2NO/c1-4(2,9)3-5(6,7)8/h9H,3,6-8H2,1-2H3. The van der Waals surface area contributed by atoms with E-state index in [0.717, 1.165) is 0 Å². The zero-order valence-corrected chi connectivity index (χ0v) is 6.73. The third-order valence-electron chi connectivity index (χ3n) is 0.888. The van der Waals surface area contributed by atoms with Gasteiger partial charge in [0.1, 0.15) is 15.7 Å². The van der Waals surface area contributed by atoms with Crippen LogP contribution < -0.4 is 5.73 Å². The predicted octanol–water partition coefficient (Wildman–Crippen LogP) is -1.97. The van der Waals surface area contributed by atoms with Crippen molar-refractivity contribution in [1.82, 2.24) is 0 Å². The lowest BCUT2D eigenvalue weighted by Crippen LogP contribution is -2.46. The van der Waals surface area contributed by atoms with Gasteiger partial charge in [-0.15, -0.1) is 0 Å². The van der Waals surface area contributed by atoms with Crippen LogP contribution in [0.1, 0.15) is 20.3 Å². The average molecular weight is 127 g/mol. The topological polar surface area (TPSA) is 46.2 Å². The fraction of sp³-hybridized carbons (Fsp3) is 1.00. The van der Waals surface area contributed by atoms with Crippen LogP contribution in [0.3, 0.4) is 0 Å². The molecule has 0 aromatic heterocycles. The molecule has 52 valence electrons. The summed E-state index contributed by atoms with van der Waals surface area (Å²) in [5, 5.41) is 9.01. The Kier molecular flexibility index (Phi) is 2.36. The van der Waals surface area contributed by atoms with E-state index >= 15 is 0 Å². The first-order valence-electron chi connectivity index (χ1n) is 3.22. The first kappa shape index (κ1) is 9.05. The van der Waals surface area contributed by atoms with E-state index in [9.17, 15) is 5.11 Å². The lowest BCUT2D eigenvalue weighted by atomic mass is 9.58. The molecule has 0 spiro atoms. The highest BCUT2D eigenvalue weighted by Crippen LogP contribution is 2.12. The largest absolute Gasteiger partial charge is 0.390 e. The molecule has 4 heteroatoms. The molecular weight excluding hydrogens is 112 g/mol. The Hall–Kier alpha value is 0.0499. The second kappa shape index (κ2) is 2.35. The number of rotatable bonds is 2. The highest BCUT2D eigenvalue weighted by atomic mass is 16.3. The molecule has 0 saturated carbocycles. The minimum Gasteiger partial charge on any atom is -0.390 e. The summed E-state index contributed by atoms with van der Waals surface area (Å²) in [7, 11) is 3.82. The molecule has 9 heavy (non-hydrogen) atoms.